The van der Waals surface area contributed by atoms with Gasteiger partial charge in [0.15, 0.2) is 9.76 Å². The van der Waals surface area contributed by atoms with Gasteiger partial charge in [0.1, 0.15) is 5.60 Å². The maximum Gasteiger partial charge on any atom is 0.410 e. The van der Waals surface area contributed by atoms with E-state index in [0.29, 0.717) is 13.0 Å². The molecular formula is C16H32N4O3Si. The Morgan fingerprint density at radius 2 is 1.79 bits per heavy atom. The third kappa shape index (κ3) is 6.34. The van der Waals surface area contributed by atoms with Gasteiger partial charge in [0, 0.05) is 11.5 Å². The number of nitrogens with zero attached hydrogens (tertiary/aromatic N) is 4. The topological polar surface area (TPSA) is 87.5 Å². The van der Waals surface area contributed by atoms with E-state index in [2.05, 4.69) is 30.8 Å². The molecule has 8 heteroatoms. The van der Waals surface area contributed by atoms with E-state index < -0.39 is 21.0 Å². The van der Waals surface area contributed by atoms with E-state index in [1.165, 1.54) is 0 Å². The number of carbonyl (C=O) groups is 1. The number of amides is 1. The Morgan fingerprint density at radius 1 is 1.21 bits per heavy atom. The highest BCUT2D eigenvalue weighted by atomic mass is 28.2. The standard InChI is InChI=1S/C16H32N4O3Si/c1-14(2,3)22-13(21)20-10-11(18-19-17)9-12(20)16(7,8)23-24-15(4,5)6/h11-12H,9-10,24H2,1-8H3. The lowest BCUT2D eigenvalue weighted by molar-refractivity contribution is -0.0130. The number of hydrogen-bond donors (Lipinski definition) is 0. The van der Waals surface area contributed by atoms with Crippen molar-refractivity contribution >= 4 is 15.9 Å². The van der Waals surface area contributed by atoms with E-state index in [-0.39, 0.29) is 23.2 Å². The van der Waals surface area contributed by atoms with Gasteiger partial charge >= 0.3 is 6.09 Å². The quantitative estimate of drug-likeness (QED) is 0.332. The van der Waals surface area contributed by atoms with Crippen LogP contribution in [0.15, 0.2) is 5.11 Å². The van der Waals surface area contributed by atoms with E-state index in [1.807, 2.05) is 34.6 Å². The molecule has 0 aromatic carbocycles. The molecule has 0 aliphatic carbocycles. The fraction of sp³-hybridized carbons (Fsp3) is 0.938. The molecule has 0 saturated carbocycles. The van der Waals surface area contributed by atoms with Crippen molar-refractivity contribution in [2.24, 2.45) is 5.11 Å². The summed E-state index contributed by atoms with van der Waals surface area (Å²) < 4.78 is 11.8. The molecule has 2 atom stereocenters. The van der Waals surface area contributed by atoms with Gasteiger partial charge in [0.2, 0.25) is 0 Å². The summed E-state index contributed by atoms with van der Waals surface area (Å²) in [5.41, 5.74) is 7.67. The lowest BCUT2D eigenvalue weighted by Crippen LogP contribution is -2.51. The fourth-order valence-corrected chi connectivity index (χ4v) is 3.65. The van der Waals surface area contributed by atoms with E-state index in [0.717, 1.165) is 0 Å². The molecule has 1 aliphatic rings. The predicted molar refractivity (Wildman–Crippen MR) is 97.7 cm³/mol. The smallest absolute Gasteiger partial charge is 0.410 e. The molecular weight excluding hydrogens is 324 g/mol. The average molecular weight is 357 g/mol. The van der Waals surface area contributed by atoms with Gasteiger partial charge in [0.05, 0.1) is 17.7 Å². The van der Waals surface area contributed by atoms with Crippen LogP contribution in [-0.2, 0) is 9.16 Å². The van der Waals surface area contributed by atoms with E-state index >= 15 is 0 Å². The van der Waals surface area contributed by atoms with Crippen molar-refractivity contribution in [2.75, 3.05) is 6.54 Å². The van der Waals surface area contributed by atoms with Crippen molar-refractivity contribution in [1.82, 2.24) is 4.90 Å². The zero-order valence-electron chi connectivity index (χ0n) is 16.3. The SMILES string of the molecule is CC(C)(C)OC(=O)N1CC(N=[N+]=[N-])CC1C(C)(C)O[SiH2]C(C)(C)C. The first kappa shape index (κ1) is 20.8. The first-order chi connectivity index (χ1) is 10.7. The molecule has 0 aromatic rings. The number of azide groups is 1. The second kappa shape index (κ2) is 7.33. The number of likely N-dealkylation sites (tertiary alicyclic amines) is 1. The van der Waals surface area contributed by atoms with Crippen molar-refractivity contribution in [3.63, 3.8) is 0 Å². The Bertz CT molecular complexity index is 504. The first-order valence-electron chi connectivity index (χ1n) is 8.43. The summed E-state index contributed by atoms with van der Waals surface area (Å²) in [5, 5.41) is 3.98. The molecule has 1 fully saturated rings. The van der Waals surface area contributed by atoms with Crippen molar-refractivity contribution in [2.45, 2.75) is 90.1 Å². The van der Waals surface area contributed by atoms with Crippen molar-refractivity contribution in [1.29, 1.82) is 0 Å². The van der Waals surface area contributed by atoms with E-state index in [9.17, 15) is 4.79 Å². The van der Waals surface area contributed by atoms with Gasteiger partial charge < -0.3 is 14.1 Å². The maximum atomic E-state index is 12.6. The molecule has 0 aromatic heterocycles. The minimum atomic E-state index is -0.780. The molecule has 0 radical (unpaired) electrons. The Morgan fingerprint density at radius 3 is 2.25 bits per heavy atom. The fourth-order valence-electron chi connectivity index (χ4n) is 2.65. The van der Waals surface area contributed by atoms with Crippen LogP contribution in [0.3, 0.4) is 0 Å². The highest BCUT2D eigenvalue weighted by molar-refractivity contribution is 6.31. The molecule has 1 amide bonds. The Balaban J connectivity index is 2.96. The largest absolute Gasteiger partial charge is 0.444 e. The normalized spacial score (nSPS) is 22.8. The summed E-state index contributed by atoms with van der Waals surface area (Å²) in [6.07, 6.45) is 0.215. The van der Waals surface area contributed by atoms with Gasteiger partial charge in [-0.1, -0.05) is 25.9 Å². The second-order valence-electron chi connectivity index (χ2n) is 9.20. The number of ether oxygens (including phenoxy) is 1. The van der Waals surface area contributed by atoms with Crippen LogP contribution >= 0.6 is 0 Å². The lowest BCUT2D eigenvalue weighted by Gasteiger charge is -2.39. The first-order valence-corrected chi connectivity index (χ1v) is 9.71. The number of rotatable bonds is 4. The van der Waals surface area contributed by atoms with Crippen LogP contribution in [-0.4, -0.2) is 50.6 Å². The van der Waals surface area contributed by atoms with Gasteiger partial charge in [0.25, 0.3) is 0 Å². The van der Waals surface area contributed by atoms with Crippen LogP contribution in [0, 0.1) is 0 Å². The summed E-state index contributed by atoms with van der Waals surface area (Å²) in [7, 11) is -0.780. The Labute approximate surface area is 147 Å². The molecule has 2 unspecified atom stereocenters. The molecule has 24 heavy (non-hydrogen) atoms. The van der Waals surface area contributed by atoms with E-state index in [4.69, 9.17) is 14.7 Å². The van der Waals surface area contributed by atoms with Crippen molar-refractivity contribution in [3.05, 3.63) is 10.4 Å². The van der Waals surface area contributed by atoms with Crippen LogP contribution in [0.4, 0.5) is 4.79 Å². The molecule has 0 bridgehead atoms. The third-order valence-corrected chi connectivity index (χ3v) is 5.56. The number of carbonyl (C=O) groups excluding carboxylic acids is 1. The minimum Gasteiger partial charge on any atom is -0.444 e. The Hall–Kier alpha value is -1.24. The molecule has 1 aliphatic heterocycles. The highest BCUT2D eigenvalue weighted by Crippen LogP contribution is 2.34. The molecule has 0 spiro atoms. The van der Waals surface area contributed by atoms with Gasteiger partial charge in [-0.2, -0.15) is 0 Å². The predicted octanol–water partition coefficient (Wildman–Crippen LogP) is 3.77. The molecule has 1 heterocycles. The molecule has 7 nitrogen and oxygen atoms in total. The van der Waals surface area contributed by atoms with Gasteiger partial charge in [-0.3, -0.25) is 0 Å². The lowest BCUT2D eigenvalue weighted by atomic mass is 9.96. The summed E-state index contributed by atoms with van der Waals surface area (Å²) in [4.78, 5) is 17.2. The summed E-state index contributed by atoms with van der Waals surface area (Å²) in [6, 6.07) is -0.413. The van der Waals surface area contributed by atoms with Crippen LogP contribution in [0.5, 0.6) is 0 Å². The average Bonchev–Trinajstić information content (AvgIpc) is 2.79. The van der Waals surface area contributed by atoms with Crippen LogP contribution in [0.1, 0.15) is 61.8 Å². The maximum absolute atomic E-state index is 12.6. The molecule has 1 rings (SSSR count). The van der Waals surface area contributed by atoms with Gasteiger partial charge in [-0.15, -0.1) is 0 Å². The van der Waals surface area contributed by atoms with Crippen molar-refractivity contribution < 1.29 is 14.0 Å². The van der Waals surface area contributed by atoms with Crippen LogP contribution in [0.2, 0.25) is 5.04 Å². The highest BCUT2D eigenvalue weighted by Gasteiger charge is 2.45. The van der Waals surface area contributed by atoms with Crippen molar-refractivity contribution in [3.8, 4) is 0 Å². The van der Waals surface area contributed by atoms with Gasteiger partial charge in [-0.25, -0.2) is 4.79 Å². The summed E-state index contributed by atoms with van der Waals surface area (Å²) in [5.74, 6) is 0. The molecule has 138 valence electrons. The minimum absolute atomic E-state index is 0.164. The summed E-state index contributed by atoms with van der Waals surface area (Å²) in [6.45, 7) is 16.4. The summed E-state index contributed by atoms with van der Waals surface area (Å²) >= 11 is 0. The Kier molecular flexibility index (Phi) is 6.35. The van der Waals surface area contributed by atoms with Crippen LogP contribution < -0.4 is 0 Å². The van der Waals surface area contributed by atoms with Crippen LogP contribution in [0.25, 0.3) is 10.4 Å². The second-order valence-corrected chi connectivity index (χ2v) is 11.9. The van der Waals surface area contributed by atoms with Gasteiger partial charge in [-0.05, 0) is 51.6 Å². The monoisotopic (exact) mass is 356 g/mol. The zero-order valence-corrected chi connectivity index (χ0v) is 17.7. The molecule has 0 N–H and O–H groups in total. The third-order valence-electron chi connectivity index (χ3n) is 3.80. The van der Waals surface area contributed by atoms with E-state index in [1.54, 1.807) is 4.90 Å². The zero-order chi connectivity index (χ0) is 18.8. The molecule has 1 saturated heterocycles. The number of hydrogen-bond acceptors (Lipinski definition) is 4.